The van der Waals surface area contributed by atoms with Crippen LogP contribution in [0.15, 0.2) is 35.5 Å². The Balaban J connectivity index is 1.66. The third-order valence-corrected chi connectivity index (χ3v) is 11.9. The second kappa shape index (κ2) is 9.42. The molecule has 4 heteroatoms. The highest BCUT2D eigenvalue weighted by Crippen LogP contribution is 2.72. The number of aliphatic carboxylic acids is 1. The Morgan fingerprint density at radius 3 is 2.35 bits per heavy atom. The minimum absolute atomic E-state index is 0.0185. The van der Waals surface area contributed by atoms with Crippen molar-refractivity contribution in [3.05, 3.63) is 35.5 Å². The number of carboxylic acids is 1. The van der Waals surface area contributed by atoms with Gasteiger partial charge in [-0.05, 0) is 96.5 Å². The molecule has 4 aliphatic carbocycles. The van der Waals surface area contributed by atoms with Gasteiger partial charge in [-0.3, -0.25) is 9.59 Å². The molecule has 0 saturated heterocycles. The van der Waals surface area contributed by atoms with E-state index in [0.29, 0.717) is 18.3 Å². The molecule has 37 heavy (non-hydrogen) atoms. The largest absolute Gasteiger partial charge is 0.481 e. The lowest BCUT2D eigenvalue weighted by atomic mass is 9.44. The fourth-order valence-electron chi connectivity index (χ4n) is 9.20. The van der Waals surface area contributed by atoms with Gasteiger partial charge in [-0.2, -0.15) is 0 Å². The lowest BCUT2D eigenvalue weighted by Gasteiger charge is -2.61. The van der Waals surface area contributed by atoms with E-state index in [1.165, 1.54) is 18.1 Å². The minimum atomic E-state index is -0.642. The quantitative estimate of drug-likeness (QED) is 0.277. The van der Waals surface area contributed by atoms with Gasteiger partial charge in [0.15, 0.2) is 0 Å². The van der Waals surface area contributed by atoms with E-state index in [4.69, 9.17) is 4.74 Å². The predicted molar refractivity (Wildman–Crippen MR) is 149 cm³/mol. The van der Waals surface area contributed by atoms with Gasteiger partial charge in [0.2, 0.25) is 0 Å². The number of hydrogen-bond donors (Lipinski definition) is 1. The van der Waals surface area contributed by atoms with E-state index < -0.39 is 5.97 Å². The average Bonchev–Trinajstić information content (AvgIpc) is 3.07. The fourth-order valence-corrected chi connectivity index (χ4v) is 9.20. The number of carbonyl (C=O) groups excluding carboxylic acids is 1. The Kier molecular flexibility index (Phi) is 7.17. The Hall–Kier alpha value is -1.84. The summed E-state index contributed by atoms with van der Waals surface area (Å²) in [6, 6.07) is 0. The molecule has 0 aromatic rings. The Bertz CT molecular complexity index is 1030. The molecule has 7 atom stereocenters. The Morgan fingerprint density at radius 2 is 1.76 bits per heavy atom. The summed E-state index contributed by atoms with van der Waals surface area (Å²) < 4.78 is 5.82. The molecule has 0 spiro atoms. The van der Waals surface area contributed by atoms with Crippen molar-refractivity contribution in [2.75, 3.05) is 0 Å². The molecule has 1 N–H and O–H groups in total. The maximum atomic E-state index is 12.6. The summed E-state index contributed by atoms with van der Waals surface area (Å²) in [6.45, 7) is 21.8. The number of hydrogen-bond acceptors (Lipinski definition) is 3. The van der Waals surface area contributed by atoms with E-state index in [2.05, 4.69) is 67.2 Å². The number of ether oxygens (including phenoxy) is 1. The van der Waals surface area contributed by atoms with Crippen LogP contribution in [0.2, 0.25) is 0 Å². The molecule has 4 rings (SSSR count). The van der Waals surface area contributed by atoms with Gasteiger partial charge in [0.1, 0.15) is 6.10 Å². The van der Waals surface area contributed by atoms with Crippen molar-refractivity contribution in [1.29, 1.82) is 0 Å². The summed E-state index contributed by atoms with van der Waals surface area (Å²) in [5, 5.41) is 10.4. The van der Waals surface area contributed by atoms with Gasteiger partial charge in [0.25, 0.3) is 0 Å². The highest BCUT2D eigenvalue weighted by molar-refractivity contribution is 5.71. The summed E-state index contributed by atoms with van der Waals surface area (Å²) in [4.78, 5) is 24.4. The smallest absolute Gasteiger partial charge is 0.306 e. The number of carbonyl (C=O) groups is 2. The van der Waals surface area contributed by atoms with Crippen molar-refractivity contribution >= 4 is 11.9 Å². The van der Waals surface area contributed by atoms with Crippen molar-refractivity contribution in [2.45, 2.75) is 113 Å². The van der Waals surface area contributed by atoms with E-state index in [1.54, 1.807) is 0 Å². The van der Waals surface area contributed by atoms with Crippen molar-refractivity contribution in [2.24, 2.45) is 45.3 Å². The standard InChI is InChI=1S/C33H50O4/c1-20(2)21(3)10-11-23(29(35)36)24-14-18-33(9)26-12-13-27-30(5,6)28(37-22(4)34)16-17-31(27,7)25(26)15-19-32(24,33)8/h12,15,20,23-24,27-28H,3,10-11,13-14,16-19H2,1-2,4-9H3,(H,35,36)/t23?,24?,27-,28?,31+,32+,33-/m0/s1. The predicted octanol–water partition coefficient (Wildman–Crippen LogP) is 8.14. The molecule has 2 saturated carbocycles. The van der Waals surface area contributed by atoms with Crippen LogP contribution >= 0.6 is 0 Å². The van der Waals surface area contributed by atoms with Crippen LogP contribution in [-0.4, -0.2) is 23.1 Å². The zero-order chi connectivity index (χ0) is 27.6. The van der Waals surface area contributed by atoms with Crippen LogP contribution in [0.4, 0.5) is 0 Å². The van der Waals surface area contributed by atoms with E-state index in [0.717, 1.165) is 50.5 Å². The zero-order valence-corrected chi connectivity index (χ0v) is 24.6. The molecule has 206 valence electrons. The van der Waals surface area contributed by atoms with Gasteiger partial charge in [-0.25, -0.2) is 0 Å². The van der Waals surface area contributed by atoms with Gasteiger partial charge in [-0.15, -0.1) is 0 Å². The molecule has 4 aliphatic rings. The first kappa shape index (κ1) is 28.2. The molecule has 0 aromatic heterocycles. The molecule has 0 amide bonds. The lowest BCUT2D eigenvalue weighted by Crippen LogP contribution is -2.55. The van der Waals surface area contributed by atoms with Crippen LogP contribution in [0.3, 0.4) is 0 Å². The highest BCUT2D eigenvalue weighted by Gasteiger charge is 2.64. The SMILES string of the molecule is C=C(CCC(C(=O)O)C1CC[C@@]2(C)C3=CC[C@H]4C(C)(C)C(OC(C)=O)CC[C@]4(C)C3=CC[C@]12C)C(C)C. The topological polar surface area (TPSA) is 63.6 Å². The molecule has 0 bridgehead atoms. The lowest BCUT2D eigenvalue weighted by molar-refractivity contribution is -0.165. The molecule has 4 nitrogen and oxygen atoms in total. The van der Waals surface area contributed by atoms with Crippen LogP contribution in [0.5, 0.6) is 0 Å². The average molecular weight is 511 g/mol. The van der Waals surface area contributed by atoms with Gasteiger partial charge in [0, 0.05) is 12.3 Å². The van der Waals surface area contributed by atoms with Crippen LogP contribution in [0.1, 0.15) is 107 Å². The van der Waals surface area contributed by atoms with Gasteiger partial charge >= 0.3 is 11.9 Å². The van der Waals surface area contributed by atoms with Crippen molar-refractivity contribution in [3.63, 3.8) is 0 Å². The molecule has 0 aliphatic heterocycles. The summed E-state index contributed by atoms with van der Waals surface area (Å²) >= 11 is 0. The Morgan fingerprint density at radius 1 is 1.08 bits per heavy atom. The van der Waals surface area contributed by atoms with Crippen LogP contribution in [0, 0.1) is 45.3 Å². The molecule has 2 fully saturated rings. The molecular weight excluding hydrogens is 460 g/mol. The summed E-state index contributed by atoms with van der Waals surface area (Å²) in [7, 11) is 0. The van der Waals surface area contributed by atoms with Crippen molar-refractivity contribution < 1.29 is 19.4 Å². The monoisotopic (exact) mass is 510 g/mol. The summed E-state index contributed by atoms with van der Waals surface area (Å²) in [6.07, 6.45) is 12.3. The van der Waals surface area contributed by atoms with E-state index >= 15 is 0 Å². The first-order chi connectivity index (χ1) is 17.1. The zero-order valence-electron chi connectivity index (χ0n) is 24.6. The fraction of sp³-hybridized carbons (Fsp3) is 0.758. The third kappa shape index (κ3) is 4.25. The highest BCUT2D eigenvalue weighted by atomic mass is 16.5. The van der Waals surface area contributed by atoms with E-state index in [1.807, 2.05) is 0 Å². The minimum Gasteiger partial charge on any atom is -0.481 e. The van der Waals surface area contributed by atoms with Gasteiger partial charge in [-0.1, -0.05) is 72.8 Å². The first-order valence-electron chi connectivity index (χ1n) is 14.6. The normalized spacial score (nSPS) is 39.0. The maximum absolute atomic E-state index is 12.6. The van der Waals surface area contributed by atoms with Crippen LogP contribution in [0.25, 0.3) is 0 Å². The third-order valence-electron chi connectivity index (χ3n) is 11.9. The summed E-state index contributed by atoms with van der Waals surface area (Å²) in [5.41, 5.74) is 4.00. The number of fused-ring (bicyclic) bond motifs is 5. The second-order valence-electron chi connectivity index (χ2n) is 14.3. The number of rotatable bonds is 7. The summed E-state index contributed by atoms with van der Waals surface area (Å²) in [5.74, 6) is -0.196. The molecular formula is C33H50O4. The number of esters is 1. The Labute approximate surface area is 225 Å². The molecule has 0 aromatic carbocycles. The molecule has 3 unspecified atom stereocenters. The van der Waals surface area contributed by atoms with Gasteiger partial charge < -0.3 is 9.84 Å². The van der Waals surface area contributed by atoms with Crippen molar-refractivity contribution in [3.8, 4) is 0 Å². The first-order valence-corrected chi connectivity index (χ1v) is 14.6. The van der Waals surface area contributed by atoms with Gasteiger partial charge in [0.05, 0.1) is 5.92 Å². The van der Waals surface area contributed by atoms with Crippen molar-refractivity contribution in [1.82, 2.24) is 0 Å². The number of allylic oxidation sites excluding steroid dienone is 5. The van der Waals surface area contributed by atoms with E-state index in [9.17, 15) is 14.7 Å². The van der Waals surface area contributed by atoms with E-state index in [-0.39, 0.29) is 45.6 Å². The van der Waals surface area contributed by atoms with Crippen LogP contribution in [-0.2, 0) is 14.3 Å². The molecule has 0 heterocycles. The maximum Gasteiger partial charge on any atom is 0.306 e. The van der Waals surface area contributed by atoms with Crippen LogP contribution < -0.4 is 0 Å². The second-order valence-corrected chi connectivity index (χ2v) is 14.3. The molecule has 0 radical (unpaired) electrons. The number of carboxylic acid groups (broad SMARTS) is 1.